The van der Waals surface area contributed by atoms with Crippen LogP contribution >= 0.6 is 15.9 Å². The predicted molar refractivity (Wildman–Crippen MR) is 60.3 cm³/mol. The molecule has 15 heavy (non-hydrogen) atoms. The van der Waals surface area contributed by atoms with Crippen LogP contribution in [0.1, 0.15) is 5.69 Å². The Morgan fingerprint density at radius 3 is 2.73 bits per heavy atom. The van der Waals surface area contributed by atoms with Gasteiger partial charge in [0.25, 0.3) is 0 Å². The van der Waals surface area contributed by atoms with Crippen molar-refractivity contribution in [2.75, 3.05) is 19.5 Å². The highest BCUT2D eigenvalue weighted by atomic mass is 79.9. The number of hydrogen-bond acceptors (Lipinski definition) is 4. The van der Waals surface area contributed by atoms with Crippen molar-refractivity contribution in [3.05, 3.63) is 16.4 Å². The van der Waals surface area contributed by atoms with E-state index in [2.05, 4.69) is 21.0 Å². The number of aromatic nitrogens is 2. The fraction of sp³-hybridized carbons (Fsp3) is 0.625. The van der Waals surface area contributed by atoms with Gasteiger partial charge in [0, 0.05) is 20.4 Å². The highest BCUT2D eigenvalue weighted by Crippen LogP contribution is 2.16. The number of methoxy groups -OCH3 is 1. The van der Waals surface area contributed by atoms with E-state index in [1.165, 1.54) is 7.11 Å². The largest absolute Gasteiger partial charge is 0.384 e. The van der Waals surface area contributed by atoms with Crippen LogP contribution in [0.15, 0.2) is 10.7 Å². The van der Waals surface area contributed by atoms with Gasteiger partial charge in [0.2, 0.25) is 0 Å². The van der Waals surface area contributed by atoms with Gasteiger partial charge < -0.3 is 4.74 Å². The van der Waals surface area contributed by atoms with E-state index in [9.17, 15) is 8.42 Å². The molecule has 0 fully saturated rings. The van der Waals surface area contributed by atoms with Gasteiger partial charge in [-0.1, -0.05) is 0 Å². The summed E-state index contributed by atoms with van der Waals surface area (Å²) in [6, 6.07) is 0. The topological polar surface area (TPSA) is 61.2 Å². The first-order chi connectivity index (χ1) is 6.94. The maximum Gasteiger partial charge on any atom is 0.158 e. The number of rotatable bonds is 5. The van der Waals surface area contributed by atoms with Gasteiger partial charge in [-0.3, -0.25) is 4.68 Å². The van der Waals surface area contributed by atoms with E-state index in [0.29, 0.717) is 10.2 Å². The molecule has 0 amide bonds. The van der Waals surface area contributed by atoms with E-state index >= 15 is 0 Å². The van der Waals surface area contributed by atoms with Gasteiger partial charge in [0.15, 0.2) is 9.84 Å². The average Bonchev–Trinajstić information content (AvgIpc) is 2.41. The van der Waals surface area contributed by atoms with Crippen molar-refractivity contribution < 1.29 is 13.2 Å². The summed E-state index contributed by atoms with van der Waals surface area (Å²) in [4.78, 5) is 0. The first-order valence-electron chi connectivity index (χ1n) is 4.32. The molecule has 0 saturated heterocycles. The van der Waals surface area contributed by atoms with Crippen molar-refractivity contribution in [2.24, 2.45) is 7.05 Å². The predicted octanol–water partition coefficient (Wildman–Crippen LogP) is 0.744. The van der Waals surface area contributed by atoms with E-state index in [1.807, 2.05) is 0 Å². The third kappa shape index (κ3) is 3.92. The van der Waals surface area contributed by atoms with Crippen LogP contribution in [0.4, 0.5) is 0 Å². The Labute approximate surface area is 97.5 Å². The third-order valence-electron chi connectivity index (χ3n) is 1.81. The molecule has 0 spiro atoms. The fourth-order valence-electron chi connectivity index (χ4n) is 1.09. The normalized spacial score (nSPS) is 11.9. The SMILES string of the molecule is COCCS(=O)(=O)Cc1nn(C)cc1Br. The summed E-state index contributed by atoms with van der Waals surface area (Å²) in [7, 11) is 0.0877. The van der Waals surface area contributed by atoms with E-state index in [-0.39, 0.29) is 18.1 Å². The van der Waals surface area contributed by atoms with Crippen LogP contribution in [0.3, 0.4) is 0 Å². The molecule has 1 rings (SSSR count). The molecule has 0 aliphatic carbocycles. The van der Waals surface area contributed by atoms with Gasteiger partial charge in [-0.2, -0.15) is 5.10 Å². The van der Waals surface area contributed by atoms with Crippen LogP contribution in [0.2, 0.25) is 0 Å². The van der Waals surface area contributed by atoms with E-state index in [4.69, 9.17) is 4.74 Å². The molecule has 0 unspecified atom stereocenters. The van der Waals surface area contributed by atoms with Crippen LogP contribution < -0.4 is 0 Å². The maximum atomic E-state index is 11.6. The van der Waals surface area contributed by atoms with E-state index < -0.39 is 9.84 Å². The number of aryl methyl sites for hydroxylation is 1. The molecule has 0 aliphatic rings. The lowest BCUT2D eigenvalue weighted by Gasteiger charge is -2.01. The number of hydrogen-bond donors (Lipinski definition) is 0. The Hall–Kier alpha value is -0.400. The molecule has 86 valence electrons. The molecule has 0 aliphatic heterocycles. The summed E-state index contributed by atoms with van der Waals surface area (Å²) in [5, 5.41) is 4.05. The summed E-state index contributed by atoms with van der Waals surface area (Å²) < 4.78 is 30.2. The monoisotopic (exact) mass is 296 g/mol. The standard InChI is InChI=1S/C8H13BrN2O3S/c1-11-5-7(9)8(10-11)6-15(12,13)4-3-14-2/h5H,3-4,6H2,1-2H3. The molecule has 5 nitrogen and oxygen atoms in total. The van der Waals surface area contributed by atoms with Crippen LogP contribution in [-0.2, 0) is 27.4 Å². The van der Waals surface area contributed by atoms with Crippen LogP contribution in [0.5, 0.6) is 0 Å². The average molecular weight is 297 g/mol. The highest BCUT2D eigenvalue weighted by Gasteiger charge is 2.16. The Balaban J connectivity index is 2.73. The molecule has 0 atom stereocenters. The molecule has 1 heterocycles. The number of sulfone groups is 1. The van der Waals surface area contributed by atoms with E-state index in [1.54, 1.807) is 17.9 Å². The summed E-state index contributed by atoms with van der Waals surface area (Å²) in [5.41, 5.74) is 0.536. The molecule has 1 aromatic rings. The Bertz CT molecular complexity index is 427. The quantitative estimate of drug-likeness (QED) is 0.804. The van der Waals surface area contributed by atoms with Crippen molar-refractivity contribution in [1.29, 1.82) is 0 Å². The first kappa shape index (κ1) is 12.7. The zero-order valence-corrected chi connectivity index (χ0v) is 11.0. The molecular weight excluding hydrogens is 284 g/mol. The number of nitrogens with zero attached hydrogens (tertiary/aromatic N) is 2. The van der Waals surface area contributed by atoms with E-state index in [0.717, 1.165) is 0 Å². The minimum atomic E-state index is -3.14. The second-order valence-electron chi connectivity index (χ2n) is 3.18. The Morgan fingerprint density at radius 1 is 1.60 bits per heavy atom. The van der Waals surface area contributed by atoms with Gasteiger partial charge in [0.1, 0.15) is 0 Å². The van der Waals surface area contributed by atoms with Gasteiger partial charge >= 0.3 is 0 Å². The first-order valence-corrected chi connectivity index (χ1v) is 6.93. The highest BCUT2D eigenvalue weighted by molar-refractivity contribution is 9.10. The Morgan fingerprint density at radius 2 is 2.27 bits per heavy atom. The lowest BCUT2D eigenvalue weighted by molar-refractivity contribution is 0.217. The second kappa shape index (κ2) is 5.09. The van der Waals surface area contributed by atoms with Crippen molar-refractivity contribution in [3.8, 4) is 0 Å². The van der Waals surface area contributed by atoms with Crippen molar-refractivity contribution in [3.63, 3.8) is 0 Å². The van der Waals surface area contributed by atoms with Crippen molar-refractivity contribution in [1.82, 2.24) is 9.78 Å². The zero-order chi connectivity index (χ0) is 11.5. The molecule has 0 saturated carbocycles. The van der Waals surface area contributed by atoms with Gasteiger partial charge in [-0.25, -0.2) is 8.42 Å². The van der Waals surface area contributed by atoms with Crippen LogP contribution in [0.25, 0.3) is 0 Å². The maximum absolute atomic E-state index is 11.6. The molecule has 0 aromatic carbocycles. The van der Waals surface area contributed by atoms with Gasteiger partial charge in [0.05, 0.1) is 28.3 Å². The summed E-state index contributed by atoms with van der Waals surface area (Å²) in [6.45, 7) is 0.215. The lowest BCUT2D eigenvalue weighted by atomic mass is 10.5. The lowest BCUT2D eigenvalue weighted by Crippen LogP contribution is -2.14. The third-order valence-corrected chi connectivity index (χ3v) is 3.97. The second-order valence-corrected chi connectivity index (χ2v) is 6.22. The van der Waals surface area contributed by atoms with Gasteiger partial charge in [-0.05, 0) is 15.9 Å². The van der Waals surface area contributed by atoms with Crippen molar-refractivity contribution in [2.45, 2.75) is 5.75 Å². The fourth-order valence-corrected chi connectivity index (χ4v) is 2.99. The molecule has 0 bridgehead atoms. The van der Waals surface area contributed by atoms with Crippen molar-refractivity contribution >= 4 is 25.8 Å². The number of ether oxygens (including phenoxy) is 1. The summed E-state index contributed by atoms with van der Waals surface area (Å²) in [5.74, 6) is -0.0374. The molecule has 0 radical (unpaired) electrons. The number of halogens is 1. The minimum Gasteiger partial charge on any atom is -0.384 e. The summed E-state index contributed by atoms with van der Waals surface area (Å²) >= 11 is 3.26. The molecule has 7 heteroatoms. The Kier molecular flexibility index (Phi) is 4.30. The van der Waals surface area contributed by atoms with Crippen LogP contribution in [0, 0.1) is 0 Å². The molecule has 0 N–H and O–H groups in total. The van der Waals surface area contributed by atoms with Gasteiger partial charge in [-0.15, -0.1) is 0 Å². The minimum absolute atomic E-state index is 0.0204. The van der Waals surface area contributed by atoms with Crippen LogP contribution in [-0.4, -0.2) is 37.7 Å². The molecular formula is C8H13BrN2O3S. The molecule has 1 aromatic heterocycles. The smallest absolute Gasteiger partial charge is 0.158 e. The summed E-state index contributed by atoms with van der Waals surface area (Å²) in [6.07, 6.45) is 1.72. The zero-order valence-electron chi connectivity index (χ0n) is 8.60.